The molecule has 6 rings (SSSR count). The van der Waals surface area contributed by atoms with Crippen molar-refractivity contribution in [1.29, 1.82) is 0 Å². The van der Waals surface area contributed by atoms with Gasteiger partial charge in [-0.3, -0.25) is 9.59 Å². The molecule has 222 valence electrons. The molecule has 0 aromatic heterocycles. The molecular weight excluding hydrogens is 540 g/mol. The van der Waals surface area contributed by atoms with Crippen LogP contribution in [-0.2, 0) is 5.41 Å². The van der Waals surface area contributed by atoms with E-state index in [1.807, 2.05) is 25.1 Å². The maximum Gasteiger partial charge on any atom is 0.255 e. The van der Waals surface area contributed by atoms with Crippen molar-refractivity contribution in [3.8, 4) is 5.75 Å². The third-order valence-electron chi connectivity index (χ3n) is 8.85. The minimum Gasteiger partial charge on any atom is -0.492 e. The van der Waals surface area contributed by atoms with Crippen LogP contribution in [0.1, 0.15) is 52.1 Å². The molecule has 4 heterocycles. The molecule has 1 saturated heterocycles. The Morgan fingerprint density at radius 1 is 1.12 bits per heavy atom. The lowest BCUT2D eigenvalue weighted by atomic mass is 9.79. The first-order valence-electron chi connectivity index (χ1n) is 13.9. The van der Waals surface area contributed by atoms with E-state index in [1.165, 1.54) is 4.90 Å². The highest BCUT2D eigenvalue weighted by molar-refractivity contribution is 5.98. The third-order valence-corrected chi connectivity index (χ3v) is 8.85. The van der Waals surface area contributed by atoms with Crippen molar-refractivity contribution in [2.75, 3.05) is 19.7 Å². The highest BCUT2D eigenvalue weighted by atomic mass is 16.5. The largest absolute Gasteiger partial charge is 0.492 e. The lowest BCUT2D eigenvalue weighted by molar-refractivity contribution is -0.230. The quantitative estimate of drug-likeness (QED) is 0.224. The van der Waals surface area contributed by atoms with Gasteiger partial charge in [-0.05, 0) is 37.0 Å². The molecule has 13 nitrogen and oxygen atoms in total. The maximum atomic E-state index is 13.6. The Morgan fingerprint density at radius 2 is 1.86 bits per heavy atom. The molecule has 2 amide bonds. The van der Waals surface area contributed by atoms with E-state index in [-0.39, 0.29) is 36.3 Å². The summed E-state index contributed by atoms with van der Waals surface area (Å²) < 4.78 is 5.90. The average Bonchev–Trinajstić information content (AvgIpc) is 3.41. The van der Waals surface area contributed by atoms with E-state index < -0.39 is 35.5 Å². The van der Waals surface area contributed by atoms with Gasteiger partial charge < -0.3 is 47.3 Å². The monoisotopic (exact) mass is 576 g/mol. The molecule has 1 unspecified atom stereocenters. The summed E-state index contributed by atoms with van der Waals surface area (Å²) in [7, 11) is 0. The number of hydrogen-bond donors (Lipinski definition) is 7. The van der Waals surface area contributed by atoms with Crippen molar-refractivity contribution in [3.63, 3.8) is 0 Å². The number of carbonyl (C=O) groups is 2. The number of fused-ring (bicyclic) bond motifs is 1. The van der Waals surface area contributed by atoms with Gasteiger partial charge in [0.2, 0.25) is 5.79 Å². The zero-order valence-corrected chi connectivity index (χ0v) is 23.7. The van der Waals surface area contributed by atoms with E-state index in [1.54, 1.807) is 24.3 Å². The second kappa shape index (κ2) is 9.60. The van der Waals surface area contributed by atoms with Gasteiger partial charge in [0.1, 0.15) is 17.8 Å². The van der Waals surface area contributed by atoms with Gasteiger partial charge in [0, 0.05) is 24.2 Å². The number of guanidine groups is 2. The van der Waals surface area contributed by atoms with E-state index in [2.05, 4.69) is 39.8 Å². The zero-order valence-electron chi connectivity index (χ0n) is 23.7. The fourth-order valence-electron chi connectivity index (χ4n) is 6.44. The van der Waals surface area contributed by atoms with Crippen molar-refractivity contribution in [1.82, 2.24) is 20.9 Å². The zero-order chi connectivity index (χ0) is 30.0. The lowest BCUT2D eigenvalue weighted by Crippen LogP contribution is -2.78. The predicted molar refractivity (Wildman–Crippen MR) is 155 cm³/mol. The van der Waals surface area contributed by atoms with E-state index >= 15 is 0 Å². The fourth-order valence-corrected chi connectivity index (χ4v) is 6.44. The molecule has 0 radical (unpaired) electrons. The molecule has 0 aliphatic carbocycles. The Hall–Kier alpha value is -4.36. The second-order valence-electron chi connectivity index (χ2n) is 12.0. The molecule has 13 heteroatoms. The maximum absolute atomic E-state index is 13.6. The Morgan fingerprint density at radius 3 is 2.60 bits per heavy atom. The van der Waals surface area contributed by atoms with Gasteiger partial charge in [-0.15, -0.1) is 0 Å². The summed E-state index contributed by atoms with van der Waals surface area (Å²) in [4.78, 5) is 36.8. The number of aliphatic hydroxyl groups is 2. The molecule has 42 heavy (non-hydrogen) atoms. The summed E-state index contributed by atoms with van der Waals surface area (Å²) in [5, 5.41) is 32.0. The summed E-state index contributed by atoms with van der Waals surface area (Å²) in [5.74, 6) is -3.03. The van der Waals surface area contributed by atoms with Crippen LogP contribution in [0.2, 0.25) is 0 Å². The number of nitrogens with zero attached hydrogens (tertiary/aromatic N) is 3. The summed E-state index contributed by atoms with van der Waals surface area (Å²) >= 11 is 0. The van der Waals surface area contributed by atoms with E-state index in [4.69, 9.17) is 16.2 Å². The molecule has 0 saturated carbocycles. The van der Waals surface area contributed by atoms with Crippen LogP contribution in [0.15, 0.2) is 52.4 Å². The number of nitrogens with two attached hydrogens (primary N) is 2. The van der Waals surface area contributed by atoms with Crippen LogP contribution in [-0.4, -0.2) is 88.1 Å². The first kappa shape index (κ1) is 27.8. The first-order chi connectivity index (χ1) is 19.8. The molecule has 2 aromatic rings. The number of carbonyl (C=O) groups excluding carboxylic acids is 2. The Balaban J connectivity index is 1.26. The van der Waals surface area contributed by atoms with Crippen molar-refractivity contribution >= 4 is 23.7 Å². The Labute approximate surface area is 243 Å². The smallest absolute Gasteiger partial charge is 0.255 e. The molecule has 9 N–H and O–H groups in total. The SMILES string of the molecule is Cc1ccc(C(=O)NC[C@@H]2N=C(N)N3CC(NC(=O)c4cccc5c4OCCC5(C)C)C(O)(O)[C@@]34NC(N)=N[C@@H]24)cc1. The summed E-state index contributed by atoms with van der Waals surface area (Å²) in [6.07, 6.45) is 0.807. The van der Waals surface area contributed by atoms with Crippen LogP contribution in [0.25, 0.3) is 0 Å². The molecule has 1 spiro atoms. The van der Waals surface area contributed by atoms with Crippen molar-refractivity contribution in [3.05, 3.63) is 64.7 Å². The van der Waals surface area contributed by atoms with Gasteiger partial charge in [-0.2, -0.15) is 0 Å². The molecule has 0 bridgehead atoms. The number of para-hydroxylation sites is 1. The Kier molecular flexibility index (Phi) is 6.35. The number of benzene rings is 2. The number of nitrogens with one attached hydrogen (secondary N) is 3. The molecule has 4 atom stereocenters. The van der Waals surface area contributed by atoms with Gasteiger partial charge in [-0.1, -0.05) is 43.7 Å². The van der Waals surface area contributed by atoms with Gasteiger partial charge in [-0.25, -0.2) is 9.98 Å². The number of aryl methyl sites for hydroxylation is 1. The number of rotatable bonds is 5. The van der Waals surface area contributed by atoms with Crippen LogP contribution < -0.4 is 32.2 Å². The van der Waals surface area contributed by atoms with Gasteiger partial charge >= 0.3 is 0 Å². The standard InChI is InChI=1S/C29H36N8O5/c1-15-7-9-16(10-8-15)23(38)32-13-19-22-28(36-25(30)35-22)29(40,41)20(14-37(28)26(31)33-19)34-24(39)17-5-4-6-18-21(17)42-12-11-27(18,2)3/h4-10,19-20,22,40-41H,11-14H2,1-3H3,(H2,31,33)(H,32,38)(H,34,39)(H3,30,35,36)/t19-,20?,22-,28-/m0/s1. The lowest BCUT2D eigenvalue weighted by Gasteiger charge is -2.49. The summed E-state index contributed by atoms with van der Waals surface area (Å²) in [6, 6.07) is 9.51. The van der Waals surface area contributed by atoms with Crippen molar-refractivity contribution < 1.29 is 24.5 Å². The third kappa shape index (κ3) is 4.14. The van der Waals surface area contributed by atoms with Gasteiger partial charge in [0.15, 0.2) is 17.6 Å². The second-order valence-corrected chi connectivity index (χ2v) is 12.0. The molecule has 4 aliphatic rings. The first-order valence-corrected chi connectivity index (χ1v) is 13.9. The van der Waals surface area contributed by atoms with Crippen molar-refractivity contribution in [2.45, 2.75) is 62.2 Å². The van der Waals surface area contributed by atoms with Crippen LogP contribution in [0.5, 0.6) is 5.75 Å². The van der Waals surface area contributed by atoms with Crippen LogP contribution >= 0.6 is 0 Å². The number of ether oxygens (including phenoxy) is 1. The van der Waals surface area contributed by atoms with E-state index in [0.717, 1.165) is 17.5 Å². The van der Waals surface area contributed by atoms with Crippen LogP contribution in [0.3, 0.4) is 0 Å². The predicted octanol–water partition coefficient (Wildman–Crippen LogP) is -0.740. The normalized spacial score (nSPS) is 28.2. The fraction of sp³-hybridized carbons (Fsp3) is 0.448. The van der Waals surface area contributed by atoms with Crippen LogP contribution in [0.4, 0.5) is 0 Å². The number of amides is 2. The minimum atomic E-state index is -2.60. The highest BCUT2D eigenvalue weighted by Crippen LogP contribution is 2.45. The van der Waals surface area contributed by atoms with Gasteiger partial charge in [0.25, 0.3) is 11.8 Å². The molecule has 4 aliphatic heterocycles. The van der Waals surface area contributed by atoms with Gasteiger partial charge in [0.05, 0.1) is 18.2 Å². The van der Waals surface area contributed by atoms with Crippen LogP contribution in [0, 0.1) is 6.92 Å². The number of aliphatic imine (C=N–C) groups is 2. The Bertz CT molecular complexity index is 1500. The van der Waals surface area contributed by atoms with E-state index in [9.17, 15) is 19.8 Å². The molecule has 2 aromatic carbocycles. The number of hydrogen-bond acceptors (Lipinski definition) is 11. The van der Waals surface area contributed by atoms with Crippen molar-refractivity contribution in [2.24, 2.45) is 21.5 Å². The van der Waals surface area contributed by atoms with E-state index in [0.29, 0.717) is 23.5 Å². The molecular formula is C29H36N8O5. The average molecular weight is 577 g/mol. The topological polar surface area (TPSA) is 200 Å². The highest BCUT2D eigenvalue weighted by Gasteiger charge is 2.73. The molecule has 1 fully saturated rings. The summed E-state index contributed by atoms with van der Waals surface area (Å²) in [5.41, 5.74) is 13.2. The summed E-state index contributed by atoms with van der Waals surface area (Å²) in [6.45, 7) is 6.49. The minimum absolute atomic E-state index is 0.00249.